The fourth-order valence-electron chi connectivity index (χ4n) is 2.31. The maximum Gasteiger partial charge on any atom is -0.0322 e. The van der Waals surface area contributed by atoms with E-state index in [0.717, 1.165) is 23.7 Å². The zero-order valence-electron chi connectivity index (χ0n) is 10.9. The Morgan fingerprint density at radius 2 is 1.64 bits per heavy atom. The maximum absolute atomic E-state index is 2.41. The summed E-state index contributed by atoms with van der Waals surface area (Å²) in [5.74, 6) is 3.37. The van der Waals surface area contributed by atoms with Gasteiger partial charge in [0.25, 0.3) is 0 Å². The van der Waals surface area contributed by atoms with E-state index < -0.39 is 0 Å². The lowest BCUT2D eigenvalue weighted by molar-refractivity contribution is 0.198. The Hall–Kier alpha value is -0.260. The van der Waals surface area contributed by atoms with Gasteiger partial charge in [0, 0.05) is 0 Å². The van der Waals surface area contributed by atoms with Gasteiger partial charge in [0.05, 0.1) is 0 Å². The van der Waals surface area contributed by atoms with Gasteiger partial charge in [-0.05, 0) is 37.0 Å². The predicted molar refractivity (Wildman–Crippen MR) is 66.4 cm³/mol. The van der Waals surface area contributed by atoms with Crippen LogP contribution in [0.4, 0.5) is 0 Å². The van der Waals surface area contributed by atoms with Crippen molar-refractivity contribution in [2.45, 2.75) is 54.4 Å². The van der Waals surface area contributed by atoms with Crippen LogP contribution in [0, 0.1) is 23.7 Å². The molecule has 0 aliphatic rings. The molecule has 0 aromatic heterocycles. The van der Waals surface area contributed by atoms with Crippen molar-refractivity contribution in [1.29, 1.82) is 0 Å². The summed E-state index contributed by atoms with van der Waals surface area (Å²) < 4.78 is 0. The van der Waals surface area contributed by atoms with Gasteiger partial charge in [-0.25, -0.2) is 0 Å². The number of hydrogen-bond donors (Lipinski definition) is 0. The van der Waals surface area contributed by atoms with Gasteiger partial charge in [-0.2, -0.15) is 0 Å². The zero-order valence-corrected chi connectivity index (χ0v) is 10.9. The molecule has 0 nitrogen and oxygen atoms in total. The van der Waals surface area contributed by atoms with Crippen molar-refractivity contribution in [3.63, 3.8) is 0 Å². The summed E-state index contributed by atoms with van der Waals surface area (Å²) >= 11 is 0. The minimum absolute atomic E-state index is 0.813. The molecule has 0 aliphatic carbocycles. The van der Waals surface area contributed by atoms with Crippen LogP contribution < -0.4 is 0 Å². The first kappa shape index (κ1) is 13.7. The van der Waals surface area contributed by atoms with E-state index in [9.17, 15) is 0 Å². The van der Waals surface area contributed by atoms with Crippen molar-refractivity contribution in [1.82, 2.24) is 0 Å². The molecule has 0 aromatic rings. The Kier molecular flexibility index (Phi) is 6.96. The molecule has 3 unspecified atom stereocenters. The fraction of sp³-hybridized carbons (Fsp3) is 0.857. The highest BCUT2D eigenvalue weighted by Gasteiger charge is 2.23. The quantitative estimate of drug-likeness (QED) is 0.530. The molecular weight excluding hydrogens is 168 g/mol. The van der Waals surface area contributed by atoms with E-state index >= 15 is 0 Å². The van der Waals surface area contributed by atoms with Crippen LogP contribution in [-0.2, 0) is 0 Å². The smallest absolute Gasteiger partial charge is 0.0322 e. The summed E-state index contributed by atoms with van der Waals surface area (Å²) in [5, 5.41) is 0. The molecule has 0 heterocycles. The van der Waals surface area contributed by atoms with Crippen molar-refractivity contribution in [3.8, 4) is 0 Å². The van der Waals surface area contributed by atoms with Crippen molar-refractivity contribution in [2.75, 3.05) is 0 Å². The second-order valence-electron chi connectivity index (χ2n) is 4.96. The second kappa shape index (κ2) is 7.09. The van der Waals surface area contributed by atoms with E-state index in [0.29, 0.717) is 0 Å². The normalized spacial score (nSPS) is 18.8. The van der Waals surface area contributed by atoms with Crippen molar-refractivity contribution < 1.29 is 0 Å². The summed E-state index contributed by atoms with van der Waals surface area (Å²) in [6, 6.07) is 0. The van der Waals surface area contributed by atoms with E-state index in [1.165, 1.54) is 12.8 Å². The molecule has 0 bridgehead atoms. The molecule has 0 amide bonds. The van der Waals surface area contributed by atoms with Gasteiger partial charge >= 0.3 is 0 Å². The molecule has 0 fully saturated rings. The molecule has 0 aliphatic heterocycles. The predicted octanol–water partition coefficient (Wildman–Crippen LogP) is 4.91. The van der Waals surface area contributed by atoms with Gasteiger partial charge < -0.3 is 0 Å². The van der Waals surface area contributed by atoms with E-state index in [-0.39, 0.29) is 0 Å². The summed E-state index contributed by atoms with van der Waals surface area (Å²) in [6.45, 7) is 13.9. The van der Waals surface area contributed by atoms with E-state index in [4.69, 9.17) is 0 Å². The Morgan fingerprint density at radius 3 is 2.00 bits per heavy atom. The molecule has 0 N–H and O–H groups in total. The van der Waals surface area contributed by atoms with Gasteiger partial charge in [-0.3, -0.25) is 0 Å². The first-order chi connectivity index (χ1) is 6.54. The standard InChI is InChI=1S/C14H28/c1-7-9-10-12(5)14(8-2)13(6)11(3)4/h7,9,11-14H,8,10H2,1-6H3. The van der Waals surface area contributed by atoms with Crippen LogP contribution in [0.1, 0.15) is 54.4 Å². The van der Waals surface area contributed by atoms with Crippen LogP contribution in [0.3, 0.4) is 0 Å². The summed E-state index contributed by atoms with van der Waals surface area (Å²) in [6.07, 6.45) is 7.04. The molecule has 84 valence electrons. The molecule has 0 saturated carbocycles. The van der Waals surface area contributed by atoms with Crippen molar-refractivity contribution in [2.24, 2.45) is 23.7 Å². The van der Waals surface area contributed by atoms with Crippen molar-refractivity contribution in [3.05, 3.63) is 12.2 Å². The van der Waals surface area contributed by atoms with Gasteiger partial charge in [0.2, 0.25) is 0 Å². The minimum atomic E-state index is 0.813. The zero-order chi connectivity index (χ0) is 11.1. The molecular formula is C14H28. The third-order valence-corrected chi connectivity index (χ3v) is 3.67. The lowest BCUT2D eigenvalue weighted by Crippen LogP contribution is -2.22. The Labute approximate surface area is 90.8 Å². The molecule has 0 saturated heterocycles. The monoisotopic (exact) mass is 196 g/mol. The lowest BCUT2D eigenvalue weighted by atomic mass is 9.75. The van der Waals surface area contributed by atoms with Gasteiger partial charge in [0.15, 0.2) is 0 Å². The largest absolute Gasteiger partial charge is 0.0917 e. The molecule has 0 heteroatoms. The van der Waals surface area contributed by atoms with Crippen LogP contribution in [-0.4, -0.2) is 0 Å². The fourth-order valence-corrected chi connectivity index (χ4v) is 2.31. The molecule has 0 radical (unpaired) electrons. The lowest BCUT2D eigenvalue weighted by Gasteiger charge is -2.30. The van der Waals surface area contributed by atoms with Crippen LogP contribution in [0.15, 0.2) is 12.2 Å². The highest BCUT2D eigenvalue weighted by atomic mass is 14.3. The minimum Gasteiger partial charge on any atom is -0.0917 e. The summed E-state index contributed by atoms with van der Waals surface area (Å²) in [4.78, 5) is 0. The van der Waals surface area contributed by atoms with Crippen LogP contribution >= 0.6 is 0 Å². The Morgan fingerprint density at radius 1 is 1.07 bits per heavy atom. The Balaban J connectivity index is 4.23. The summed E-state index contributed by atoms with van der Waals surface area (Å²) in [7, 11) is 0. The highest BCUT2D eigenvalue weighted by Crippen LogP contribution is 2.31. The molecule has 3 atom stereocenters. The van der Waals surface area contributed by atoms with Gasteiger partial charge in [-0.1, -0.05) is 53.2 Å². The molecule has 0 spiro atoms. The van der Waals surface area contributed by atoms with Crippen LogP contribution in [0.25, 0.3) is 0 Å². The van der Waals surface area contributed by atoms with Gasteiger partial charge in [-0.15, -0.1) is 0 Å². The summed E-state index contributed by atoms with van der Waals surface area (Å²) in [5.41, 5.74) is 0. The number of allylic oxidation sites excluding steroid dienone is 2. The molecule has 0 rings (SSSR count). The van der Waals surface area contributed by atoms with Crippen molar-refractivity contribution >= 4 is 0 Å². The average molecular weight is 196 g/mol. The van der Waals surface area contributed by atoms with E-state index in [1.807, 2.05) is 0 Å². The molecule has 14 heavy (non-hydrogen) atoms. The molecule has 0 aromatic carbocycles. The van der Waals surface area contributed by atoms with E-state index in [1.54, 1.807) is 0 Å². The van der Waals surface area contributed by atoms with E-state index in [2.05, 4.69) is 53.7 Å². The Bertz CT molecular complexity index is 155. The van der Waals surface area contributed by atoms with Crippen LogP contribution in [0.5, 0.6) is 0 Å². The third-order valence-electron chi connectivity index (χ3n) is 3.67. The van der Waals surface area contributed by atoms with Gasteiger partial charge in [0.1, 0.15) is 0 Å². The van der Waals surface area contributed by atoms with Crippen LogP contribution in [0.2, 0.25) is 0 Å². The first-order valence-corrected chi connectivity index (χ1v) is 6.15. The third kappa shape index (κ3) is 4.30. The first-order valence-electron chi connectivity index (χ1n) is 6.15. The maximum atomic E-state index is 2.41. The highest BCUT2D eigenvalue weighted by molar-refractivity contribution is 4.83. The average Bonchev–Trinajstić information content (AvgIpc) is 2.15. The number of hydrogen-bond acceptors (Lipinski definition) is 0. The topological polar surface area (TPSA) is 0 Å². The second-order valence-corrected chi connectivity index (χ2v) is 4.96. The number of rotatable bonds is 6. The SMILES string of the molecule is CC=CCC(C)C(CC)C(C)C(C)C.